The summed E-state index contributed by atoms with van der Waals surface area (Å²) in [7, 11) is 0. The smallest absolute Gasteiger partial charge is 0.263 e. The number of nitrogens with one attached hydrogen (secondary N) is 2. The van der Waals surface area contributed by atoms with Crippen molar-refractivity contribution in [2.45, 2.75) is 51.4 Å². The van der Waals surface area contributed by atoms with Crippen molar-refractivity contribution < 1.29 is 9.53 Å². The van der Waals surface area contributed by atoms with Crippen LogP contribution in [0.2, 0.25) is 0 Å². The maximum Gasteiger partial charge on any atom is 0.263 e. The SMILES string of the molecule is Cc1ccn(CCc2c[nH]c3ccccc23)c(=O)c1C(=O)N[C@H]1C[C@H]2CO[C@@H](C)CN2C1. The Morgan fingerprint density at radius 2 is 2.09 bits per heavy atom. The van der Waals surface area contributed by atoms with Crippen molar-refractivity contribution >= 4 is 16.8 Å². The van der Waals surface area contributed by atoms with Crippen LogP contribution in [0.25, 0.3) is 10.9 Å². The highest BCUT2D eigenvalue weighted by atomic mass is 16.5. The third kappa shape index (κ3) is 3.98. The molecule has 1 aromatic carbocycles. The van der Waals surface area contributed by atoms with Gasteiger partial charge >= 0.3 is 0 Å². The van der Waals surface area contributed by atoms with E-state index in [4.69, 9.17) is 4.74 Å². The van der Waals surface area contributed by atoms with Gasteiger partial charge in [-0.15, -0.1) is 0 Å². The molecular formula is C25H30N4O3. The predicted octanol–water partition coefficient (Wildman–Crippen LogP) is 2.47. The zero-order chi connectivity index (χ0) is 22.2. The van der Waals surface area contributed by atoms with Crippen molar-refractivity contribution in [2.24, 2.45) is 0 Å². The molecule has 2 saturated heterocycles. The summed E-state index contributed by atoms with van der Waals surface area (Å²) in [5.41, 5.74) is 2.99. The minimum absolute atomic E-state index is 0.0417. The third-order valence-electron chi connectivity index (χ3n) is 6.83. The fraction of sp³-hybridized carbons (Fsp3) is 0.440. The summed E-state index contributed by atoms with van der Waals surface area (Å²) in [6.07, 6.45) is 5.58. The van der Waals surface area contributed by atoms with Crippen LogP contribution in [0.3, 0.4) is 0 Å². The number of hydrogen-bond donors (Lipinski definition) is 2. The van der Waals surface area contributed by atoms with E-state index in [9.17, 15) is 9.59 Å². The highest BCUT2D eigenvalue weighted by Crippen LogP contribution is 2.23. The number of aromatic amines is 1. The first-order valence-corrected chi connectivity index (χ1v) is 11.4. The number of aromatic nitrogens is 2. The van der Waals surface area contributed by atoms with E-state index in [1.807, 2.05) is 37.4 Å². The molecule has 7 heteroatoms. The Morgan fingerprint density at radius 3 is 2.97 bits per heavy atom. The third-order valence-corrected chi connectivity index (χ3v) is 6.83. The van der Waals surface area contributed by atoms with Crippen molar-refractivity contribution in [1.82, 2.24) is 19.8 Å². The van der Waals surface area contributed by atoms with Gasteiger partial charge in [-0.2, -0.15) is 0 Å². The van der Waals surface area contributed by atoms with Crippen LogP contribution in [0.4, 0.5) is 0 Å². The second-order valence-electron chi connectivity index (χ2n) is 9.14. The fourth-order valence-electron chi connectivity index (χ4n) is 5.10. The van der Waals surface area contributed by atoms with Crippen molar-refractivity contribution in [2.75, 3.05) is 19.7 Å². The van der Waals surface area contributed by atoms with Crippen molar-refractivity contribution in [1.29, 1.82) is 0 Å². The first-order chi connectivity index (χ1) is 15.5. The summed E-state index contributed by atoms with van der Waals surface area (Å²) in [4.78, 5) is 31.9. The summed E-state index contributed by atoms with van der Waals surface area (Å²) in [6, 6.07) is 10.4. The fourth-order valence-corrected chi connectivity index (χ4v) is 5.10. The summed E-state index contributed by atoms with van der Waals surface area (Å²) >= 11 is 0. The molecule has 3 atom stereocenters. The van der Waals surface area contributed by atoms with E-state index >= 15 is 0 Å². The monoisotopic (exact) mass is 434 g/mol. The molecule has 0 saturated carbocycles. The Labute approximate surface area is 187 Å². The predicted molar refractivity (Wildman–Crippen MR) is 124 cm³/mol. The van der Waals surface area contributed by atoms with Gasteiger partial charge in [0.05, 0.1) is 12.7 Å². The maximum atomic E-state index is 13.2. The lowest BCUT2D eigenvalue weighted by atomic mass is 10.1. The lowest BCUT2D eigenvalue weighted by Gasteiger charge is -2.33. The number of carbonyl (C=O) groups excluding carboxylic acids is 1. The Balaban J connectivity index is 1.30. The molecule has 168 valence electrons. The lowest BCUT2D eigenvalue weighted by Crippen LogP contribution is -2.45. The standard InChI is InChI=1S/C25H30N4O3/c1-16-7-9-28(10-8-18-12-26-22-6-4-3-5-21(18)22)25(31)23(16)24(30)27-19-11-20-15-32-17(2)13-29(20)14-19/h3-7,9,12,17,19-20,26H,8,10-11,13-15H2,1-2H3,(H,27,30)/t17-,19-,20-/m0/s1. The number of benzene rings is 1. The highest BCUT2D eigenvalue weighted by Gasteiger charge is 2.37. The summed E-state index contributed by atoms with van der Waals surface area (Å²) in [5, 5.41) is 4.28. The number of H-pyrrole nitrogens is 1. The van der Waals surface area contributed by atoms with Gasteiger partial charge in [-0.3, -0.25) is 14.5 Å². The van der Waals surface area contributed by atoms with Crippen LogP contribution in [0.15, 0.2) is 47.5 Å². The zero-order valence-electron chi connectivity index (χ0n) is 18.6. The van der Waals surface area contributed by atoms with Crippen molar-refractivity contribution in [3.8, 4) is 0 Å². The number of ether oxygens (including phenoxy) is 1. The van der Waals surface area contributed by atoms with Gasteiger partial charge in [0.1, 0.15) is 5.56 Å². The van der Waals surface area contributed by atoms with Crippen LogP contribution < -0.4 is 10.9 Å². The van der Waals surface area contributed by atoms with Crippen LogP contribution in [0.5, 0.6) is 0 Å². The molecule has 4 heterocycles. The second-order valence-corrected chi connectivity index (χ2v) is 9.14. The Hall–Kier alpha value is -2.90. The van der Waals surface area contributed by atoms with Gasteiger partial charge in [0.2, 0.25) is 0 Å². The van der Waals surface area contributed by atoms with E-state index in [2.05, 4.69) is 28.2 Å². The Morgan fingerprint density at radius 1 is 1.25 bits per heavy atom. The molecule has 0 unspecified atom stereocenters. The van der Waals surface area contributed by atoms with Crippen LogP contribution in [-0.2, 0) is 17.7 Å². The molecule has 2 fully saturated rings. The molecule has 5 rings (SSSR count). The van der Waals surface area contributed by atoms with E-state index in [1.165, 1.54) is 5.39 Å². The molecule has 2 aliphatic rings. The first kappa shape index (κ1) is 21.0. The largest absolute Gasteiger partial charge is 0.376 e. The van der Waals surface area contributed by atoms with Crippen LogP contribution in [0, 0.1) is 6.92 Å². The van der Waals surface area contributed by atoms with E-state index in [-0.39, 0.29) is 29.2 Å². The van der Waals surface area contributed by atoms with Gasteiger partial charge in [0, 0.05) is 55.0 Å². The van der Waals surface area contributed by atoms with Crippen molar-refractivity contribution in [3.05, 3.63) is 69.8 Å². The number of aryl methyl sites for hydroxylation is 3. The van der Waals surface area contributed by atoms with Gasteiger partial charge < -0.3 is 19.6 Å². The molecule has 2 aromatic heterocycles. The van der Waals surface area contributed by atoms with Gasteiger partial charge in [-0.05, 0) is 49.9 Å². The van der Waals surface area contributed by atoms with Crippen LogP contribution in [-0.4, -0.2) is 58.2 Å². The normalized spacial score (nSPS) is 23.4. The second kappa shape index (κ2) is 8.56. The topological polar surface area (TPSA) is 79.4 Å². The minimum atomic E-state index is -0.271. The number of morpholine rings is 1. The Kier molecular flexibility index (Phi) is 5.61. The lowest BCUT2D eigenvalue weighted by molar-refractivity contribution is -0.0390. The van der Waals surface area contributed by atoms with Gasteiger partial charge in [-0.1, -0.05) is 18.2 Å². The van der Waals surface area contributed by atoms with E-state index in [1.54, 1.807) is 10.8 Å². The van der Waals surface area contributed by atoms with E-state index < -0.39 is 0 Å². The summed E-state index contributed by atoms with van der Waals surface area (Å²) in [5.74, 6) is -0.271. The average Bonchev–Trinajstić information content (AvgIpc) is 3.36. The van der Waals surface area contributed by atoms with Crippen LogP contribution >= 0.6 is 0 Å². The Bertz CT molecular complexity index is 1200. The molecule has 2 aliphatic heterocycles. The highest BCUT2D eigenvalue weighted by molar-refractivity contribution is 5.95. The van der Waals surface area contributed by atoms with Gasteiger partial charge in [0.15, 0.2) is 0 Å². The number of pyridine rings is 1. The molecule has 7 nitrogen and oxygen atoms in total. The number of rotatable bonds is 5. The molecule has 2 N–H and O–H groups in total. The van der Waals surface area contributed by atoms with Crippen LogP contribution in [0.1, 0.15) is 34.8 Å². The minimum Gasteiger partial charge on any atom is -0.376 e. The zero-order valence-corrected chi connectivity index (χ0v) is 18.6. The van der Waals surface area contributed by atoms with Gasteiger partial charge in [-0.25, -0.2) is 0 Å². The molecular weight excluding hydrogens is 404 g/mol. The molecule has 0 aliphatic carbocycles. The number of para-hydroxylation sites is 1. The molecule has 0 spiro atoms. The molecule has 3 aromatic rings. The quantitative estimate of drug-likeness (QED) is 0.647. The molecule has 0 radical (unpaired) electrons. The summed E-state index contributed by atoms with van der Waals surface area (Å²) < 4.78 is 7.41. The number of carbonyl (C=O) groups is 1. The average molecular weight is 435 g/mol. The van der Waals surface area contributed by atoms with Gasteiger partial charge in [0.25, 0.3) is 11.5 Å². The maximum absolute atomic E-state index is 13.2. The molecule has 0 bridgehead atoms. The molecule has 1 amide bonds. The number of amides is 1. The first-order valence-electron chi connectivity index (χ1n) is 11.4. The molecule has 32 heavy (non-hydrogen) atoms. The van der Waals surface area contributed by atoms with E-state index in [0.29, 0.717) is 31.2 Å². The van der Waals surface area contributed by atoms with E-state index in [0.717, 1.165) is 30.6 Å². The van der Waals surface area contributed by atoms with Crippen molar-refractivity contribution in [3.63, 3.8) is 0 Å². The summed E-state index contributed by atoms with van der Waals surface area (Å²) in [6.45, 7) is 6.84. The number of nitrogens with zero attached hydrogens (tertiary/aromatic N) is 2. The number of fused-ring (bicyclic) bond motifs is 2. The number of hydrogen-bond acceptors (Lipinski definition) is 4.